The van der Waals surface area contributed by atoms with Crippen molar-refractivity contribution < 1.29 is 18.0 Å². The molecule has 0 spiro atoms. The summed E-state index contributed by atoms with van der Waals surface area (Å²) in [6.07, 6.45) is 0.439. The monoisotopic (exact) mass is 329 g/mol. The molecule has 3 N–H and O–H groups in total. The van der Waals surface area contributed by atoms with Crippen molar-refractivity contribution in [3.63, 3.8) is 0 Å². The highest BCUT2D eigenvalue weighted by Crippen LogP contribution is 2.35. The summed E-state index contributed by atoms with van der Waals surface area (Å²) >= 11 is 0. The molecule has 0 aliphatic carbocycles. The topological polar surface area (TPSA) is 58.4 Å². The van der Waals surface area contributed by atoms with Gasteiger partial charge in [0.1, 0.15) is 0 Å². The zero-order chi connectivity index (χ0) is 16.9. The second-order valence-electron chi connectivity index (χ2n) is 5.85. The smallest absolute Gasteiger partial charge is 0.398 e. The Balaban J connectivity index is 1.90. The lowest BCUT2D eigenvalue weighted by atomic mass is 10.1. The predicted molar refractivity (Wildman–Crippen MR) is 84.0 cm³/mol. The van der Waals surface area contributed by atoms with Gasteiger partial charge in [-0.1, -0.05) is 12.8 Å². The van der Waals surface area contributed by atoms with Crippen LogP contribution in [-0.2, 0) is 11.0 Å². The average Bonchev–Trinajstić information content (AvgIpc) is 2.74. The van der Waals surface area contributed by atoms with E-state index in [1.807, 2.05) is 0 Å². The van der Waals surface area contributed by atoms with Gasteiger partial charge in [-0.3, -0.25) is 4.79 Å². The number of halogens is 3. The summed E-state index contributed by atoms with van der Waals surface area (Å²) in [7, 11) is 0. The van der Waals surface area contributed by atoms with Gasteiger partial charge in [0.15, 0.2) is 0 Å². The summed E-state index contributed by atoms with van der Waals surface area (Å²) in [6.45, 7) is 2.59. The van der Waals surface area contributed by atoms with Gasteiger partial charge >= 0.3 is 6.18 Å². The molecule has 0 saturated carbocycles. The maximum Gasteiger partial charge on any atom is 0.418 e. The van der Waals surface area contributed by atoms with Crippen LogP contribution in [0.2, 0.25) is 0 Å². The van der Waals surface area contributed by atoms with Crippen molar-refractivity contribution in [2.75, 3.05) is 30.7 Å². The number of amides is 1. The van der Waals surface area contributed by atoms with E-state index in [2.05, 4.69) is 10.2 Å². The molecule has 1 aromatic rings. The zero-order valence-electron chi connectivity index (χ0n) is 13.0. The van der Waals surface area contributed by atoms with Crippen LogP contribution in [0.4, 0.5) is 24.5 Å². The molecule has 1 heterocycles. The average molecular weight is 329 g/mol. The van der Waals surface area contributed by atoms with Gasteiger partial charge in [-0.05, 0) is 44.1 Å². The molecule has 23 heavy (non-hydrogen) atoms. The molecule has 1 aromatic carbocycles. The van der Waals surface area contributed by atoms with Gasteiger partial charge in [-0.15, -0.1) is 0 Å². The van der Waals surface area contributed by atoms with Crippen LogP contribution in [0.3, 0.4) is 0 Å². The third-order valence-electron chi connectivity index (χ3n) is 4.00. The van der Waals surface area contributed by atoms with Crippen molar-refractivity contribution in [2.45, 2.75) is 38.3 Å². The highest BCUT2D eigenvalue weighted by molar-refractivity contribution is 5.91. The Kier molecular flexibility index (Phi) is 5.87. The molecular formula is C16H22F3N3O. The molecular weight excluding hydrogens is 307 g/mol. The summed E-state index contributed by atoms with van der Waals surface area (Å²) in [6, 6.07) is 3.42. The number of hydrogen-bond acceptors (Lipinski definition) is 3. The van der Waals surface area contributed by atoms with Crippen molar-refractivity contribution in [1.82, 2.24) is 4.90 Å². The molecule has 0 aromatic heterocycles. The third-order valence-corrected chi connectivity index (χ3v) is 4.00. The minimum atomic E-state index is -4.53. The maximum absolute atomic E-state index is 12.8. The number of nitrogens with two attached hydrogens (primary N) is 1. The van der Waals surface area contributed by atoms with E-state index in [1.165, 1.54) is 18.9 Å². The molecule has 1 aliphatic rings. The first kappa shape index (κ1) is 17.6. The first-order chi connectivity index (χ1) is 10.9. The number of rotatable bonds is 4. The largest absolute Gasteiger partial charge is 0.418 e. The van der Waals surface area contributed by atoms with Crippen LogP contribution >= 0.6 is 0 Å². The van der Waals surface area contributed by atoms with Crippen LogP contribution < -0.4 is 11.1 Å². The summed E-state index contributed by atoms with van der Waals surface area (Å²) in [4.78, 5) is 14.2. The fourth-order valence-electron chi connectivity index (χ4n) is 2.72. The molecule has 0 unspecified atom stereocenters. The fourth-order valence-corrected chi connectivity index (χ4v) is 2.72. The number of carbonyl (C=O) groups is 1. The SMILES string of the molecule is Nc1ccc(NC(=O)CCN2CCCCCC2)cc1C(F)(F)F. The maximum atomic E-state index is 12.8. The first-order valence-corrected chi connectivity index (χ1v) is 7.85. The van der Waals surface area contributed by atoms with E-state index >= 15 is 0 Å². The minimum absolute atomic E-state index is 0.118. The molecule has 1 fully saturated rings. The molecule has 0 bridgehead atoms. The van der Waals surface area contributed by atoms with Gasteiger partial charge in [0.2, 0.25) is 5.91 Å². The molecule has 1 aliphatic heterocycles. The summed E-state index contributed by atoms with van der Waals surface area (Å²) in [5.41, 5.74) is 4.18. The summed E-state index contributed by atoms with van der Waals surface area (Å²) < 4.78 is 38.4. The zero-order valence-corrected chi connectivity index (χ0v) is 13.0. The normalized spacial score (nSPS) is 16.8. The number of nitrogens with zero attached hydrogens (tertiary/aromatic N) is 1. The minimum Gasteiger partial charge on any atom is -0.398 e. The van der Waals surface area contributed by atoms with Gasteiger partial charge < -0.3 is 16.0 Å². The van der Waals surface area contributed by atoms with Crippen LogP contribution in [0.1, 0.15) is 37.7 Å². The van der Waals surface area contributed by atoms with Gasteiger partial charge in [-0.2, -0.15) is 13.2 Å². The van der Waals surface area contributed by atoms with Crippen LogP contribution in [0.5, 0.6) is 0 Å². The molecule has 128 valence electrons. The lowest BCUT2D eigenvalue weighted by Gasteiger charge is -2.19. The molecule has 7 heteroatoms. The second-order valence-corrected chi connectivity index (χ2v) is 5.85. The number of nitrogens with one attached hydrogen (secondary N) is 1. The number of hydrogen-bond donors (Lipinski definition) is 2. The molecule has 0 radical (unpaired) electrons. The number of alkyl halides is 3. The highest BCUT2D eigenvalue weighted by atomic mass is 19.4. The van der Waals surface area contributed by atoms with Crippen molar-refractivity contribution in [2.24, 2.45) is 0 Å². The van der Waals surface area contributed by atoms with E-state index in [-0.39, 0.29) is 23.7 Å². The van der Waals surface area contributed by atoms with Gasteiger partial charge in [0.05, 0.1) is 5.56 Å². The van der Waals surface area contributed by atoms with Crippen LogP contribution in [0.15, 0.2) is 18.2 Å². The Hall–Kier alpha value is -1.76. The molecule has 1 saturated heterocycles. The van der Waals surface area contributed by atoms with E-state index < -0.39 is 11.7 Å². The Labute approximate surface area is 133 Å². The highest BCUT2D eigenvalue weighted by Gasteiger charge is 2.33. The third kappa shape index (κ3) is 5.42. The Bertz CT molecular complexity index is 538. The number of nitrogen functional groups attached to an aromatic ring is 1. The number of likely N-dealkylation sites (tertiary alicyclic amines) is 1. The van der Waals surface area contributed by atoms with Crippen molar-refractivity contribution >= 4 is 17.3 Å². The van der Waals surface area contributed by atoms with E-state index in [9.17, 15) is 18.0 Å². The second kappa shape index (κ2) is 7.68. The van der Waals surface area contributed by atoms with Crippen LogP contribution in [0, 0.1) is 0 Å². The van der Waals surface area contributed by atoms with Crippen molar-refractivity contribution in [3.05, 3.63) is 23.8 Å². The van der Waals surface area contributed by atoms with Gasteiger partial charge in [0.25, 0.3) is 0 Å². The first-order valence-electron chi connectivity index (χ1n) is 7.85. The molecule has 0 atom stereocenters. The standard InChI is InChI=1S/C16H22F3N3O/c17-16(18,19)13-11-12(5-6-14(13)20)21-15(23)7-10-22-8-3-1-2-4-9-22/h5-6,11H,1-4,7-10,20H2,(H,21,23). The van der Waals surface area contributed by atoms with Gasteiger partial charge in [-0.25, -0.2) is 0 Å². The Morgan fingerprint density at radius 2 is 1.83 bits per heavy atom. The number of benzene rings is 1. The van der Waals surface area contributed by atoms with E-state index in [4.69, 9.17) is 5.73 Å². The number of carbonyl (C=O) groups excluding carboxylic acids is 1. The van der Waals surface area contributed by atoms with E-state index in [0.29, 0.717) is 6.54 Å². The predicted octanol–water partition coefficient (Wildman–Crippen LogP) is 3.49. The number of anilines is 2. The fraction of sp³-hybridized carbons (Fsp3) is 0.562. The van der Waals surface area contributed by atoms with Crippen LogP contribution in [-0.4, -0.2) is 30.4 Å². The molecule has 4 nitrogen and oxygen atoms in total. The molecule has 1 amide bonds. The lowest BCUT2D eigenvalue weighted by Crippen LogP contribution is -2.28. The van der Waals surface area contributed by atoms with Crippen LogP contribution in [0.25, 0.3) is 0 Å². The van der Waals surface area contributed by atoms with Gasteiger partial charge in [0, 0.05) is 24.3 Å². The van der Waals surface area contributed by atoms with E-state index in [1.54, 1.807) is 0 Å². The summed E-state index contributed by atoms with van der Waals surface area (Å²) in [5.74, 6) is -0.285. The lowest BCUT2D eigenvalue weighted by molar-refractivity contribution is -0.136. The summed E-state index contributed by atoms with van der Waals surface area (Å²) in [5, 5.41) is 2.52. The quantitative estimate of drug-likeness (QED) is 0.831. The molecule has 2 rings (SSSR count). The van der Waals surface area contributed by atoms with Crippen molar-refractivity contribution in [1.29, 1.82) is 0 Å². The Morgan fingerprint density at radius 3 is 2.43 bits per heavy atom. The van der Waals surface area contributed by atoms with E-state index in [0.717, 1.165) is 38.1 Å². The van der Waals surface area contributed by atoms with Crippen molar-refractivity contribution in [3.8, 4) is 0 Å². The Morgan fingerprint density at radius 1 is 1.17 bits per heavy atom.